The molecule has 226 valence electrons. The third-order valence-electron chi connectivity index (χ3n) is 7.23. The van der Waals surface area contributed by atoms with Gasteiger partial charge in [0.2, 0.25) is 5.91 Å². The Morgan fingerprint density at radius 2 is 1.82 bits per heavy atom. The van der Waals surface area contributed by atoms with Gasteiger partial charge in [-0.3, -0.25) is 19.7 Å². The minimum absolute atomic E-state index is 0.157. The quantitative estimate of drug-likeness (QED) is 0.0797. The van der Waals surface area contributed by atoms with E-state index in [1.807, 2.05) is 36.4 Å². The maximum absolute atomic E-state index is 14.0. The van der Waals surface area contributed by atoms with Crippen molar-refractivity contribution in [2.45, 2.75) is 43.3 Å². The number of nitro benzene ring substituents is 1. The van der Waals surface area contributed by atoms with E-state index < -0.39 is 22.0 Å². The lowest BCUT2D eigenvalue weighted by Crippen LogP contribution is -2.20. The molecule has 0 saturated carbocycles. The average molecular weight is 630 g/mol. The Kier molecular flexibility index (Phi) is 9.76. The van der Waals surface area contributed by atoms with Gasteiger partial charge in [0.15, 0.2) is 0 Å². The van der Waals surface area contributed by atoms with E-state index in [9.17, 15) is 24.5 Å². The molecule has 11 heteroatoms. The van der Waals surface area contributed by atoms with Crippen LogP contribution < -0.4 is 10.6 Å². The van der Waals surface area contributed by atoms with Gasteiger partial charge in [-0.2, -0.15) is 0 Å². The molecule has 0 aliphatic heterocycles. The van der Waals surface area contributed by atoms with Crippen molar-refractivity contribution in [1.29, 1.82) is 0 Å². The molecule has 0 fully saturated rings. The Balaban J connectivity index is 1.40. The second kappa shape index (κ2) is 13.9. The molecule has 2 amide bonds. The number of carbonyl (C=O) groups is 3. The van der Waals surface area contributed by atoms with Gasteiger partial charge in [0.1, 0.15) is 10.3 Å². The fraction of sp³-hybridized carbons (Fsp3) is 0.242. The minimum Gasteiger partial charge on any atom is -0.462 e. The van der Waals surface area contributed by atoms with Crippen molar-refractivity contribution < 1.29 is 24.0 Å². The lowest BCUT2D eigenvalue weighted by atomic mass is 9.88. The lowest BCUT2D eigenvalue weighted by molar-refractivity contribution is -0.384. The summed E-state index contributed by atoms with van der Waals surface area (Å²) in [5.41, 5.74) is 2.65. The van der Waals surface area contributed by atoms with Crippen molar-refractivity contribution in [2.75, 3.05) is 17.2 Å². The smallest absolute Gasteiger partial charge is 0.341 e. The zero-order valence-corrected chi connectivity index (χ0v) is 25.8. The van der Waals surface area contributed by atoms with Crippen LogP contribution in [-0.2, 0) is 22.4 Å². The molecule has 1 aromatic heterocycles. The zero-order valence-electron chi connectivity index (χ0n) is 24.2. The number of rotatable bonds is 10. The number of non-ortho nitro benzene ring substituents is 1. The predicted molar refractivity (Wildman–Crippen MR) is 173 cm³/mol. The molecule has 0 bridgehead atoms. The zero-order chi connectivity index (χ0) is 31.2. The molecule has 4 aromatic rings. The molecule has 3 aromatic carbocycles. The van der Waals surface area contributed by atoms with Crippen LogP contribution in [0.25, 0.3) is 0 Å². The van der Waals surface area contributed by atoms with Crippen LogP contribution in [0.3, 0.4) is 0 Å². The summed E-state index contributed by atoms with van der Waals surface area (Å²) in [6.07, 6.45) is 2.59. The maximum atomic E-state index is 14.0. The summed E-state index contributed by atoms with van der Waals surface area (Å²) < 4.78 is 5.38. The van der Waals surface area contributed by atoms with E-state index in [-0.39, 0.29) is 23.8 Å². The van der Waals surface area contributed by atoms with Gasteiger partial charge in [-0.05, 0) is 67.5 Å². The van der Waals surface area contributed by atoms with Crippen molar-refractivity contribution >= 4 is 57.3 Å². The molecule has 2 unspecified atom stereocenters. The molecule has 2 N–H and O–H groups in total. The van der Waals surface area contributed by atoms with Gasteiger partial charge in [0.25, 0.3) is 11.6 Å². The summed E-state index contributed by atoms with van der Waals surface area (Å²) in [4.78, 5) is 52.3. The topological polar surface area (TPSA) is 128 Å². The average Bonchev–Trinajstić information content (AvgIpc) is 3.37. The molecular formula is C33H31N3O6S2. The number of nitro groups is 1. The van der Waals surface area contributed by atoms with Crippen molar-refractivity contribution in [2.24, 2.45) is 5.92 Å². The number of thioether (sulfide) groups is 1. The summed E-state index contributed by atoms with van der Waals surface area (Å²) in [6, 6.07) is 21.9. The standard InChI is InChI=1S/C33H31N3O6S2/c1-3-42-33(39)28-26-16-15-20(2)17-27(26)44-32(28)35-31(38)29(21-9-5-4-6-10-21)43-25-14-8-12-23(19-25)34-30(37)22-11-7-13-24(18-22)36(40)41/h4-14,18-20,29H,3,15-17H2,1-2H3,(H,34,37)(H,35,38). The van der Waals surface area contributed by atoms with Gasteiger partial charge in [-0.1, -0.05) is 49.4 Å². The predicted octanol–water partition coefficient (Wildman–Crippen LogP) is 7.68. The van der Waals surface area contributed by atoms with Crippen LogP contribution in [0.4, 0.5) is 16.4 Å². The molecule has 1 heterocycles. The normalized spacial score (nSPS) is 14.6. The van der Waals surface area contributed by atoms with E-state index >= 15 is 0 Å². The number of nitrogens with zero attached hydrogens (tertiary/aromatic N) is 1. The Morgan fingerprint density at radius 1 is 1.05 bits per heavy atom. The molecule has 5 rings (SSSR count). The van der Waals surface area contributed by atoms with E-state index in [0.717, 1.165) is 40.2 Å². The first-order chi connectivity index (χ1) is 21.2. The van der Waals surface area contributed by atoms with Crippen LogP contribution in [-0.4, -0.2) is 29.3 Å². The summed E-state index contributed by atoms with van der Waals surface area (Å²) in [6.45, 7) is 4.19. The number of nitrogens with one attached hydrogen (secondary N) is 2. The lowest BCUT2D eigenvalue weighted by Gasteiger charge is -2.19. The van der Waals surface area contributed by atoms with Gasteiger partial charge < -0.3 is 15.4 Å². The molecular weight excluding hydrogens is 599 g/mol. The molecule has 1 aliphatic rings. The second-order valence-electron chi connectivity index (χ2n) is 10.5. The minimum atomic E-state index is -0.674. The molecule has 9 nitrogen and oxygen atoms in total. The van der Waals surface area contributed by atoms with E-state index in [1.165, 1.54) is 47.4 Å². The highest BCUT2D eigenvalue weighted by Gasteiger charge is 2.31. The summed E-state index contributed by atoms with van der Waals surface area (Å²) >= 11 is 2.75. The molecule has 44 heavy (non-hydrogen) atoms. The van der Waals surface area contributed by atoms with Gasteiger partial charge in [-0.25, -0.2) is 4.79 Å². The van der Waals surface area contributed by atoms with E-state index in [0.29, 0.717) is 22.2 Å². The summed E-state index contributed by atoms with van der Waals surface area (Å²) in [5.74, 6) is -0.705. The first-order valence-electron chi connectivity index (χ1n) is 14.2. The van der Waals surface area contributed by atoms with Gasteiger partial charge in [-0.15, -0.1) is 23.1 Å². The highest BCUT2D eigenvalue weighted by atomic mass is 32.2. The van der Waals surface area contributed by atoms with Crippen LogP contribution in [0, 0.1) is 16.0 Å². The number of hydrogen-bond donors (Lipinski definition) is 2. The van der Waals surface area contributed by atoms with E-state index in [2.05, 4.69) is 17.6 Å². The van der Waals surface area contributed by atoms with Crippen LogP contribution >= 0.6 is 23.1 Å². The Bertz CT molecular complexity index is 1700. The molecule has 0 radical (unpaired) electrons. The largest absolute Gasteiger partial charge is 0.462 e. The van der Waals surface area contributed by atoms with Crippen molar-refractivity contribution in [3.05, 3.63) is 116 Å². The first-order valence-corrected chi connectivity index (χ1v) is 15.9. The van der Waals surface area contributed by atoms with Crippen molar-refractivity contribution in [1.82, 2.24) is 0 Å². The Morgan fingerprint density at radius 3 is 2.57 bits per heavy atom. The number of esters is 1. The SMILES string of the molecule is CCOC(=O)c1c(NC(=O)C(Sc2cccc(NC(=O)c3cccc([N+](=O)[O-])c3)c2)c2ccccc2)sc2c1CCC(C)C2. The molecule has 2 atom stereocenters. The fourth-order valence-electron chi connectivity index (χ4n) is 5.08. The molecule has 1 aliphatic carbocycles. The maximum Gasteiger partial charge on any atom is 0.341 e. The van der Waals surface area contributed by atoms with Crippen molar-refractivity contribution in [3.63, 3.8) is 0 Å². The number of thiophene rings is 1. The number of carbonyl (C=O) groups excluding carboxylic acids is 3. The van der Waals surface area contributed by atoms with Crippen LogP contribution in [0.1, 0.15) is 62.2 Å². The van der Waals surface area contributed by atoms with Gasteiger partial charge in [0, 0.05) is 33.2 Å². The third kappa shape index (κ3) is 7.17. The van der Waals surface area contributed by atoms with Crippen LogP contribution in [0.5, 0.6) is 0 Å². The summed E-state index contributed by atoms with van der Waals surface area (Å²) in [5, 5.41) is 16.8. The molecule has 0 spiro atoms. The van der Waals surface area contributed by atoms with E-state index in [4.69, 9.17) is 4.74 Å². The van der Waals surface area contributed by atoms with E-state index in [1.54, 1.807) is 25.1 Å². The summed E-state index contributed by atoms with van der Waals surface area (Å²) in [7, 11) is 0. The second-order valence-corrected chi connectivity index (χ2v) is 12.7. The number of amides is 2. The number of ether oxygens (including phenoxy) is 1. The van der Waals surface area contributed by atoms with Crippen LogP contribution in [0.2, 0.25) is 0 Å². The highest BCUT2D eigenvalue weighted by molar-refractivity contribution is 8.00. The monoisotopic (exact) mass is 629 g/mol. The van der Waals surface area contributed by atoms with Gasteiger partial charge in [0.05, 0.1) is 17.1 Å². The fourth-order valence-corrected chi connectivity index (χ4v) is 7.57. The Labute approximate surface area is 263 Å². The Hall–Kier alpha value is -4.48. The van der Waals surface area contributed by atoms with Gasteiger partial charge >= 0.3 is 5.97 Å². The van der Waals surface area contributed by atoms with Crippen LogP contribution in [0.15, 0.2) is 83.8 Å². The molecule has 0 saturated heterocycles. The first kappa shape index (κ1) is 31.0. The van der Waals surface area contributed by atoms with Crippen molar-refractivity contribution in [3.8, 4) is 0 Å². The third-order valence-corrected chi connectivity index (χ3v) is 9.65. The number of fused-ring (bicyclic) bond motifs is 1. The number of benzene rings is 3. The number of anilines is 2. The highest BCUT2D eigenvalue weighted by Crippen LogP contribution is 2.42. The number of hydrogen-bond acceptors (Lipinski definition) is 8.